The van der Waals surface area contributed by atoms with Gasteiger partial charge in [0, 0.05) is 57.9 Å². The lowest BCUT2D eigenvalue weighted by atomic mass is 10.1. The number of thiophene rings is 1. The molecule has 1 aliphatic heterocycles. The van der Waals surface area contributed by atoms with Gasteiger partial charge in [0.25, 0.3) is 0 Å². The van der Waals surface area contributed by atoms with Gasteiger partial charge < -0.3 is 25.2 Å². The molecule has 0 atom stereocenters. The molecule has 2 N–H and O–H groups in total. The van der Waals surface area contributed by atoms with Crippen LogP contribution in [0.4, 0.5) is 0 Å². The van der Waals surface area contributed by atoms with Gasteiger partial charge in [0.15, 0.2) is 5.96 Å². The van der Waals surface area contributed by atoms with Crippen molar-refractivity contribution in [3.8, 4) is 0 Å². The molecule has 28 heavy (non-hydrogen) atoms. The normalized spacial score (nSPS) is 13.9. The Bertz CT molecular complexity index is 611. The molecule has 1 aromatic heterocycles. The maximum Gasteiger partial charge on any atom is 0.244 e. The molecule has 0 spiro atoms. The Morgan fingerprint density at radius 1 is 1.39 bits per heavy atom. The molecule has 1 amide bonds. The summed E-state index contributed by atoms with van der Waals surface area (Å²) in [5.41, 5.74) is 1.28. The van der Waals surface area contributed by atoms with Crippen molar-refractivity contribution >= 4 is 47.2 Å². The summed E-state index contributed by atoms with van der Waals surface area (Å²) in [6.07, 6.45) is 1.98. The van der Waals surface area contributed by atoms with Gasteiger partial charge in [-0.05, 0) is 43.8 Å². The van der Waals surface area contributed by atoms with Gasteiger partial charge in [0.1, 0.15) is 6.54 Å². The van der Waals surface area contributed by atoms with Gasteiger partial charge in [0.2, 0.25) is 5.91 Å². The predicted molar refractivity (Wildman–Crippen MR) is 127 cm³/mol. The van der Waals surface area contributed by atoms with E-state index in [1.165, 1.54) is 10.4 Å². The van der Waals surface area contributed by atoms with Gasteiger partial charge in [-0.25, -0.2) is 4.99 Å². The number of carbonyl (C=O) groups excluding carboxylic acids is 1. The number of halogens is 1. The van der Waals surface area contributed by atoms with Crippen LogP contribution in [-0.2, 0) is 22.5 Å². The van der Waals surface area contributed by atoms with E-state index in [9.17, 15) is 4.79 Å². The van der Waals surface area contributed by atoms with Crippen molar-refractivity contribution in [2.75, 3.05) is 60.0 Å². The molecule has 0 saturated heterocycles. The highest BCUT2D eigenvalue weighted by Crippen LogP contribution is 2.23. The average molecular weight is 523 g/mol. The molecular formula is C19H34IN5O2S. The highest BCUT2D eigenvalue weighted by molar-refractivity contribution is 14.0. The Morgan fingerprint density at radius 3 is 2.96 bits per heavy atom. The van der Waals surface area contributed by atoms with Gasteiger partial charge in [-0.15, -0.1) is 35.3 Å². The van der Waals surface area contributed by atoms with Crippen molar-refractivity contribution in [1.82, 2.24) is 20.4 Å². The molecular weight excluding hydrogens is 489 g/mol. The summed E-state index contributed by atoms with van der Waals surface area (Å²) < 4.78 is 5.08. The van der Waals surface area contributed by atoms with Gasteiger partial charge >= 0.3 is 0 Å². The highest BCUT2D eigenvalue weighted by atomic mass is 127. The summed E-state index contributed by atoms with van der Waals surface area (Å²) in [6, 6.07) is 2.12. The predicted octanol–water partition coefficient (Wildman–Crippen LogP) is 1.77. The van der Waals surface area contributed by atoms with E-state index in [0.29, 0.717) is 12.5 Å². The lowest BCUT2D eigenvalue weighted by Gasteiger charge is -2.26. The number of nitrogens with zero attached hydrogens (tertiary/aromatic N) is 3. The number of guanidine groups is 1. The zero-order valence-electron chi connectivity index (χ0n) is 17.2. The van der Waals surface area contributed by atoms with Gasteiger partial charge in [-0.3, -0.25) is 4.79 Å². The van der Waals surface area contributed by atoms with E-state index in [4.69, 9.17) is 4.74 Å². The van der Waals surface area contributed by atoms with Crippen LogP contribution in [0.1, 0.15) is 23.8 Å². The molecule has 0 radical (unpaired) electrons. The number of hydrogen-bond acceptors (Lipinski definition) is 5. The van der Waals surface area contributed by atoms with Crippen LogP contribution in [0.2, 0.25) is 0 Å². The topological polar surface area (TPSA) is 69.2 Å². The lowest BCUT2D eigenvalue weighted by Crippen LogP contribution is -2.42. The Kier molecular flexibility index (Phi) is 12.7. The molecule has 2 heterocycles. The Hall–Kier alpha value is -0.910. The molecule has 0 saturated carbocycles. The summed E-state index contributed by atoms with van der Waals surface area (Å²) in [6.45, 7) is 7.96. The van der Waals surface area contributed by atoms with Crippen molar-refractivity contribution in [2.45, 2.75) is 26.3 Å². The van der Waals surface area contributed by atoms with Crippen LogP contribution in [-0.4, -0.2) is 81.7 Å². The maximum absolute atomic E-state index is 12.5. The van der Waals surface area contributed by atoms with Crippen LogP contribution in [0.15, 0.2) is 16.4 Å². The first kappa shape index (κ1) is 25.1. The number of rotatable bonds is 10. The molecule has 2 rings (SSSR count). The minimum Gasteiger partial charge on any atom is -0.385 e. The number of hydrogen-bond donors (Lipinski definition) is 2. The average Bonchev–Trinajstić information content (AvgIpc) is 3.13. The van der Waals surface area contributed by atoms with E-state index in [1.54, 1.807) is 18.4 Å². The van der Waals surface area contributed by atoms with Crippen molar-refractivity contribution in [1.29, 1.82) is 0 Å². The summed E-state index contributed by atoms with van der Waals surface area (Å²) >= 11 is 1.78. The Labute approximate surface area is 189 Å². The first-order chi connectivity index (χ1) is 13.1. The maximum atomic E-state index is 12.5. The second-order valence-corrected chi connectivity index (χ2v) is 7.71. The first-order valence-corrected chi connectivity index (χ1v) is 10.5. The number of amides is 1. The third-order valence-electron chi connectivity index (χ3n) is 4.55. The smallest absolute Gasteiger partial charge is 0.244 e. The fourth-order valence-electron chi connectivity index (χ4n) is 3.01. The number of carbonyl (C=O) groups is 1. The number of nitrogens with one attached hydrogen (secondary N) is 2. The Morgan fingerprint density at radius 2 is 2.21 bits per heavy atom. The van der Waals surface area contributed by atoms with E-state index in [0.717, 1.165) is 52.2 Å². The van der Waals surface area contributed by atoms with Gasteiger partial charge in [-0.1, -0.05) is 0 Å². The number of ether oxygens (including phenoxy) is 1. The van der Waals surface area contributed by atoms with Crippen molar-refractivity contribution in [3.05, 3.63) is 21.9 Å². The van der Waals surface area contributed by atoms with Crippen LogP contribution in [0.25, 0.3) is 0 Å². The zero-order chi connectivity index (χ0) is 19.5. The monoisotopic (exact) mass is 523 g/mol. The minimum absolute atomic E-state index is 0. The van der Waals surface area contributed by atoms with Crippen LogP contribution >= 0.6 is 35.3 Å². The summed E-state index contributed by atoms with van der Waals surface area (Å²) in [5.74, 6) is 0.783. The number of methoxy groups -OCH3 is 1. The van der Waals surface area contributed by atoms with E-state index >= 15 is 0 Å². The SMILES string of the molecule is CCNC(=NCC(=O)N1CCc2sccc2C1)NCCN(C)CCCOC.I. The molecule has 7 nitrogen and oxygen atoms in total. The van der Waals surface area contributed by atoms with Gasteiger partial charge in [0.05, 0.1) is 0 Å². The molecule has 0 aromatic carbocycles. The molecule has 9 heteroatoms. The minimum atomic E-state index is 0. The molecule has 0 aliphatic carbocycles. The lowest BCUT2D eigenvalue weighted by molar-refractivity contribution is -0.130. The van der Waals surface area contributed by atoms with Crippen molar-refractivity contribution in [3.63, 3.8) is 0 Å². The largest absolute Gasteiger partial charge is 0.385 e. The highest BCUT2D eigenvalue weighted by Gasteiger charge is 2.21. The number of likely N-dealkylation sites (N-methyl/N-ethyl adjacent to an activating group) is 1. The van der Waals surface area contributed by atoms with Crippen LogP contribution in [0, 0.1) is 0 Å². The number of aliphatic imine (C=N–C) groups is 1. The summed E-state index contributed by atoms with van der Waals surface area (Å²) in [7, 11) is 3.82. The molecule has 0 fully saturated rings. The first-order valence-electron chi connectivity index (χ1n) is 9.66. The van der Waals surface area contributed by atoms with E-state index < -0.39 is 0 Å². The fraction of sp³-hybridized carbons (Fsp3) is 0.684. The molecule has 1 aromatic rings. The van der Waals surface area contributed by atoms with Crippen molar-refractivity contribution in [2.24, 2.45) is 4.99 Å². The van der Waals surface area contributed by atoms with Gasteiger partial charge in [-0.2, -0.15) is 0 Å². The standard InChI is InChI=1S/C19H33N5O2S.HI/c1-4-20-19(21-8-11-23(2)9-5-12-26-3)22-14-18(25)24-10-6-17-16(15-24)7-13-27-17;/h7,13H,4-6,8-12,14-15H2,1-3H3,(H2,20,21,22);1H. The number of fused-ring (bicyclic) bond motifs is 1. The quantitative estimate of drug-likeness (QED) is 0.212. The van der Waals surface area contributed by atoms with E-state index in [2.05, 4.69) is 39.0 Å². The molecule has 0 bridgehead atoms. The molecule has 0 unspecified atom stereocenters. The second kappa shape index (κ2) is 14.1. The fourth-order valence-corrected chi connectivity index (χ4v) is 3.90. The second-order valence-electron chi connectivity index (χ2n) is 6.71. The summed E-state index contributed by atoms with van der Waals surface area (Å²) in [4.78, 5) is 22.6. The Balaban J connectivity index is 0.00000392. The van der Waals surface area contributed by atoms with Crippen LogP contribution in [0.3, 0.4) is 0 Å². The summed E-state index contributed by atoms with van der Waals surface area (Å²) in [5, 5.41) is 8.63. The van der Waals surface area contributed by atoms with Crippen LogP contribution in [0.5, 0.6) is 0 Å². The van der Waals surface area contributed by atoms with E-state index in [-0.39, 0.29) is 36.4 Å². The molecule has 1 aliphatic rings. The third-order valence-corrected chi connectivity index (χ3v) is 5.57. The third kappa shape index (κ3) is 8.62. The molecule has 160 valence electrons. The van der Waals surface area contributed by atoms with E-state index in [1.807, 2.05) is 11.8 Å². The van der Waals surface area contributed by atoms with Crippen molar-refractivity contribution < 1.29 is 9.53 Å². The zero-order valence-corrected chi connectivity index (χ0v) is 20.3. The van der Waals surface area contributed by atoms with Crippen LogP contribution < -0.4 is 10.6 Å².